The number of benzene rings is 1. The minimum Gasteiger partial charge on any atom is -0.379 e. The molecule has 10 heteroatoms. The summed E-state index contributed by atoms with van der Waals surface area (Å²) in [4.78, 5) is 21.9. The smallest absolute Gasteiger partial charge is 0.270 e. The molecule has 5 nitrogen and oxygen atoms in total. The molecule has 0 spiro atoms. The summed E-state index contributed by atoms with van der Waals surface area (Å²) in [5.41, 5.74) is 0.297. The van der Waals surface area contributed by atoms with E-state index < -0.39 is 0 Å². The number of carbonyl (C=O) groups excluding carboxylic acids is 1. The summed E-state index contributed by atoms with van der Waals surface area (Å²) in [5.74, 6) is -0.547. The van der Waals surface area contributed by atoms with Crippen molar-refractivity contribution in [3.8, 4) is 0 Å². The molecule has 1 amide bonds. The minimum absolute atomic E-state index is 0. The third-order valence-electron chi connectivity index (χ3n) is 4.36. The number of rotatable bonds is 5. The fraction of sp³-hybridized carbons (Fsp3) is 0.333. The van der Waals surface area contributed by atoms with Crippen LogP contribution in [0.4, 0.5) is 9.52 Å². The van der Waals surface area contributed by atoms with Gasteiger partial charge in [-0.3, -0.25) is 14.6 Å². The molecule has 0 saturated carbocycles. The van der Waals surface area contributed by atoms with Crippen LogP contribution in [-0.2, 0) is 4.74 Å². The zero-order valence-electron chi connectivity index (χ0n) is 14.8. The number of hydrogen-bond donors (Lipinski definition) is 0. The maximum Gasteiger partial charge on any atom is 0.270 e. The number of nitrogens with zero attached hydrogens (tertiary/aromatic N) is 3. The number of anilines is 1. The molecule has 0 unspecified atom stereocenters. The summed E-state index contributed by atoms with van der Waals surface area (Å²) in [6.45, 7) is 4.23. The highest BCUT2D eigenvalue weighted by Gasteiger charge is 2.24. The molecule has 1 aromatic carbocycles. The number of para-hydroxylation sites is 1. The molecule has 28 heavy (non-hydrogen) atoms. The maximum atomic E-state index is 14.1. The van der Waals surface area contributed by atoms with Gasteiger partial charge in [0.15, 0.2) is 5.13 Å². The van der Waals surface area contributed by atoms with Crippen LogP contribution >= 0.6 is 46.7 Å². The lowest BCUT2D eigenvalue weighted by atomic mass is 10.3. The number of morpholine rings is 1. The van der Waals surface area contributed by atoms with Crippen molar-refractivity contribution in [2.24, 2.45) is 0 Å². The van der Waals surface area contributed by atoms with E-state index in [-0.39, 0.29) is 24.1 Å². The van der Waals surface area contributed by atoms with Gasteiger partial charge >= 0.3 is 0 Å². The topological polar surface area (TPSA) is 45.7 Å². The first kappa shape index (κ1) is 21.4. The summed E-state index contributed by atoms with van der Waals surface area (Å²) >= 11 is 8.55. The second-order valence-electron chi connectivity index (χ2n) is 6.10. The Kier molecular flexibility index (Phi) is 7.25. The minimum atomic E-state index is -0.380. The molecule has 4 rings (SSSR count). The van der Waals surface area contributed by atoms with Crippen LogP contribution in [0.5, 0.6) is 0 Å². The van der Waals surface area contributed by atoms with Crippen molar-refractivity contribution >= 4 is 67.9 Å². The molecule has 0 aliphatic carbocycles. The quantitative estimate of drug-likeness (QED) is 0.558. The standard InChI is InChI=1S/C18H17ClFN3O2S2.ClH/c19-15-5-4-14(26-15)17(24)23(7-6-22-8-10-25-11-9-22)18-21-16-12(20)2-1-3-13(16)27-18;/h1-5H,6-11H2;1H. The molecule has 1 saturated heterocycles. The first-order valence-electron chi connectivity index (χ1n) is 8.54. The van der Waals surface area contributed by atoms with Crippen LogP contribution in [0.2, 0.25) is 4.34 Å². The Morgan fingerprint density at radius 1 is 1.25 bits per heavy atom. The zero-order chi connectivity index (χ0) is 18.8. The summed E-state index contributed by atoms with van der Waals surface area (Å²) < 4.78 is 20.7. The molecule has 3 aromatic rings. The van der Waals surface area contributed by atoms with E-state index in [0.29, 0.717) is 46.2 Å². The van der Waals surface area contributed by atoms with E-state index in [1.54, 1.807) is 23.1 Å². The average molecular weight is 462 g/mol. The maximum absolute atomic E-state index is 14.1. The SMILES string of the molecule is Cl.O=C(c1ccc(Cl)s1)N(CCN1CCOCC1)c1nc2c(F)cccc2s1. The van der Waals surface area contributed by atoms with E-state index in [0.717, 1.165) is 17.8 Å². The number of hydrogen-bond acceptors (Lipinski definition) is 6. The van der Waals surface area contributed by atoms with Gasteiger partial charge in [0.05, 0.1) is 27.1 Å². The van der Waals surface area contributed by atoms with Crippen molar-refractivity contribution in [2.45, 2.75) is 0 Å². The number of fused-ring (bicyclic) bond motifs is 1. The van der Waals surface area contributed by atoms with Crippen LogP contribution < -0.4 is 4.90 Å². The molecule has 0 bridgehead atoms. The van der Waals surface area contributed by atoms with E-state index >= 15 is 0 Å². The van der Waals surface area contributed by atoms with Gasteiger partial charge < -0.3 is 4.74 Å². The molecule has 2 aromatic heterocycles. The van der Waals surface area contributed by atoms with Crippen molar-refractivity contribution in [2.75, 3.05) is 44.3 Å². The highest BCUT2D eigenvalue weighted by atomic mass is 35.5. The summed E-state index contributed by atoms with van der Waals surface area (Å²) in [7, 11) is 0. The molecule has 150 valence electrons. The molecule has 3 heterocycles. The van der Waals surface area contributed by atoms with Crippen molar-refractivity contribution < 1.29 is 13.9 Å². The Bertz CT molecular complexity index is 959. The van der Waals surface area contributed by atoms with Crippen molar-refractivity contribution in [3.05, 3.63) is 45.4 Å². The normalized spacial score (nSPS) is 14.8. The third kappa shape index (κ3) is 4.64. The average Bonchev–Trinajstić information content (AvgIpc) is 3.30. The Balaban J connectivity index is 0.00000225. The fourth-order valence-electron chi connectivity index (χ4n) is 2.93. The first-order valence-corrected chi connectivity index (χ1v) is 10.6. The summed E-state index contributed by atoms with van der Waals surface area (Å²) in [6.07, 6.45) is 0. The first-order chi connectivity index (χ1) is 13.1. The van der Waals surface area contributed by atoms with Gasteiger partial charge in [-0.25, -0.2) is 9.37 Å². The molecule has 0 atom stereocenters. The van der Waals surface area contributed by atoms with E-state index in [1.807, 2.05) is 6.07 Å². The number of aromatic nitrogens is 1. The highest BCUT2D eigenvalue weighted by molar-refractivity contribution is 7.22. The van der Waals surface area contributed by atoms with Crippen LogP contribution in [0.15, 0.2) is 30.3 Å². The Morgan fingerprint density at radius 2 is 2.04 bits per heavy atom. The lowest BCUT2D eigenvalue weighted by Crippen LogP contribution is -2.43. The second kappa shape index (κ2) is 9.47. The monoisotopic (exact) mass is 461 g/mol. The molecular weight excluding hydrogens is 444 g/mol. The number of thiophene rings is 1. The fourth-order valence-corrected chi connectivity index (χ4v) is 4.93. The molecular formula is C18H18Cl2FN3O2S2. The van der Waals surface area contributed by atoms with Gasteiger partial charge in [0.1, 0.15) is 11.3 Å². The van der Waals surface area contributed by atoms with Gasteiger partial charge in [-0.15, -0.1) is 23.7 Å². The molecule has 1 fully saturated rings. The van der Waals surface area contributed by atoms with Gasteiger partial charge in [-0.1, -0.05) is 29.0 Å². The molecule has 1 aliphatic heterocycles. The number of halogens is 3. The lowest BCUT2D eigenvalue weighted by molar-refractivity contribution is 0.0391. The number of carbonyl (C=O) groups is 1. The molecule has 1 aliphatic rings. The van der Waals surface area contributed by atoms with Crippen LogP contribution in [0.1, 0.15) is 9.67 Å². The van der Waals surface area contributed by atoms with Gasteiger partial charge in [0.2, 0.25) is 0 Å². The van der Waals surface area contributed by atoms with Crippen molar-refractivity contribution in [3.63, 3.8) is 0 Å². The zero-order valence-corrected chi connectivity index (χ0v) is 18.0. The second-order valence-corrected chi connectivity index (χ2v) is 8.82. The van der Waals surface area contributed by atoms with Crippen molar-refractivity contribution in [1.29, 1.82) is 0 Å². The van der Waals surface area contributed by atoms with Crippen LogP contribution in [-0.4, -0.2) is 55.2 Å². The Labute approximate surface area is 181 Å². The highest BCUT2D eigenvalue weighted by Crippen LogP contribution is 2.32. The molecule has 0 N–H and O–H groups in total. The van der Waals surface area contributed by atoms with Gasteiger partial charge in [-0.2, -0.15) is 0 Å². The largest absolute Gasteiger partial charge is 0.379 e. The van der Waals surface area contributed by atoms with Gasteiger partial charge in [-0.05, 0) is 24.3 Å². The van der Waals surface area contributed by atoms with Gasteiger partial charge in [0, 0.05) is 26.2 Å². The number of ether oxygens (including phenoxy) is 1. The lowest BCUT2D eigenvalue weighted by Gasteiger charge is -2.29. The number of amides is 1. The predicted molar refractivity (Wildman–Crippen MR) is 115 cm³/mol. The van der Waals surface area contributed by atoms with E-state index in [2.05, 4.69) is 9.88 Å². The van der Waals surface area contributed by atoms with Gasteiger partial charge in [0.25, 0.3) is 5.91 Å². The van der Waals surface area contributed by atoms with Crippen LogP contribution in [0.25, 0.3) is 10.2 Å². The van der Waals surface area contributed by atoms with E-state index in [1.165, 1.54) is 28.7 Å². The molecule has 0 radical (unpaired) electrons. The Morgan fingerprint density at radius 3 is 2.71 bits per heavy atom. The van der Waals surface area contributed by atoms with Crippen LogP contribution in [0, 0.1) is 5.82 Å². The summed E-state index contributed by atoms with van der Waals surface area (Å²) in [6, 6.07) is 8.26. The number of thiazole rings is 1. The van der Waals surface area contributed by atoms with E-state index in [9.17, 15) is 9.18 Å². The summed E-state index contributed by atoms with van der Waals surface area (Å²) in [5, 5.41) is 0.498. The Hall–Kier alpha value is -1.29. The van der Waals surface area contributed by atoms with Crippen LogP contribution in [0.3, 0.4) is 0 Å². The predicted octanol–water partition coefficient (Wildman–Crippen LogP) is 4.55. The van der Waals surface area contributed by atoms with E-state index in [4.69, 9.17) is 16.3 Å². The van der Waals surface area contributed by atoms with Crippen molar-refractivity contribution in [1.82, 2.24) is 9.88 Å². The third-order valence-corrected chi connectivity index (χ3v) is 6.62.